The third-order valence-corrected chi connectivity index (χ3v) is 13.5. The number of hydrogen-bond donors (Lipinski definition) is 0. The van der Waals surface area contributed by atoms with Crippen molar-refractivity contribution in [1.29, 1.82) is 0 Å². The standard InChI is InChI=1S/2Ca.5Mg.O22Si8.2H2O/c;;;;;;;1-23(16-26(4,5)6)18-28(10,11)19-25(3)21-30(14,15)22-29(12,13)20-24(2)17-27(7,8)9;;/h;;;;;;;;2*1H2/q7*+2;-12;;/p-2. The molecule has 0 aliphatic heterocycles. The summed E-state index contributed by atoms with van der Waals surface area (Å²) in [6.45, 7) is 0. The first-order valence-electron chi connectivity index (χ1n) is 5.92. The van der Waals surface area contributed by atoms with Crippen LogP contribution in [0.5, 0.6) is 0 Å². The minimum Gasteiger partial charge on any atom is -0.870 e. The summed E-state index contributed by atoms with van der Waals surface area (Å²) in [5, 5.41) is 0. The molecule has 0 fully saturated rings. The van der Waals surface area contributed by atoms with Gasteiger partial charge in [-0.25, -0.2) is 0 Å². The molecule has 0 aliphatic rings. The molecule has 2 N–H and O–H groups in total. The zero-order valence-corrected chi connectivity index (χ0v) is 38.3. The van der Waals surface area contributed by atoms with Crippen molar-refractivity contribution >= 4 is 263 Å². The Kier molecular flexibility index (Phi) is 54.2. The van der Waals surface area contributed by atoms with E-state index in [1.165, 1.54) is 0 Å². The third-order valence-electron chi connectivity index (χ3n) is 1.50. The Morgan fingerprint density at radius 2 is 0.564 bits per heavy atom. The molecule has 0 unspecified atom stereocenters. The van der Waals surface area contributed by atoms with Crippen LogP contribution in [-0.4, -0.2) is 274 Å². The van der Waals surface area contributed by atoms with Crippen molar-refractivity contribution < 1.29 is 111 Å². The van der Waals surface area contributed by atoms with Gasteiger partial charge >= 0.3 is 218 Å². The van der Waals surface area contributed by atoms with Crippen LogP contribution >= 0.6 is 0 Å². The Bertz CT molecular complexity index is 651. The van der Waals surface area contributed by atoms with E-state index in [2.05, 4.69) is 28.8 Å². The second-order valence-electron chi connectivity index (χ2n) is 3.96. The van der Waals surface area contributed by atoms with Gasteiger partial charge in [0.25, 0.3) is 9.05 Å². The van der Waals surface area contributed by atoms with Gasteiger partial charge in [-0.1, -0.05) is 18.1 Å². The topological polar surface area (TPSA) is 453 Å². The molecule has 0 saturated heterocycles. The molecule has 0 radical (unpaired) electrons. The zero-order chi connectivity index (χ0) is 24.2. The van der Waals surface area contributed by atoms with Crippen molar-refractivity contribution in [2.75, 3.05) is 0 Å². The maximum absolute atomic E-state index is 11.2. The maximum Gasteiger partial charge on any atom is 2.00 e. The second-order valence-corrected chi connectivity index (χ2v) is 16.2. The summed E-state index contributed by atoms with van der Waals surface area (Å²) in [6, 6.07) is 0. The fraction of sp³-hybridized carbons (Fsp3) is 0. The van der Waals surface area contributed by atoms with E-state index in [9.17, 15) is 70.9 Å². The fourth-order valence-corrected chi connectivity index (χ4v) is 10.3. The minimum atomic E-state index is -6.74. The Morgan fingerprint density at radius 1 is 0.385 bits per heavy atom. The zero-order valence-electron chi connectivity index (χ0n) is 18.8. The first kappa shape index (κ1) is 70.9. The molecule has 39 heteroatoms. The summed E-state index contributed by atoms with van der Waals surface area (Å²) in [7, 11) is -46.8. The van der Waals surface area contributed by atoms with E-state index in [0.29, 0.717) is 0 Å². The van der Waals surface area contributed by atoms with Crippen LogP contribution in [0, 0.1) is 0 Å². The molecular formula is H2Ca2Mg5O24Si8. The number of rotatable bonds is 14. The van der Waals surface area contributed by atoms with Crippen LogP contribution < -0.4 is 57.5 Å². The van der Waals surface area contributed by atoms with Crippen LogP contribution in [0.15, 0.2) is 0 Å². The normalized spacial score (nSPS) is 10.2. The van der Waals surface area contributed by atoms with Crippen LogP contribution in [0.3, 0.4) is 0 Å². The molecule has 0 saturated carbocycles. The molecule has 0 aromatic carbocycles. The SMILES string of the molecule is O=[Si](O[Si]([O-])([O-])[O-])O[Si]([O-])([O-])O[Si](=O)O[Si]([O-])([O-])O[Si]([O-])([O-])O[Si](=O)O[Si]([O-])([O-])[O-].[Ca+2].[Ca+2].[Mg+2].[Mg+2].[Mg+2].[Mg+2].[Mg+2].[OH-].[OH-]. The van der Waals surface area contributed by atoms with Crippen molar-refractivity contribution in [3.63, 3.8) is 0 Å². The van der Waals surface area contributed by atoms with Crippen molar-refractivity contribution in [3.8, 4) is 0 Å². The second kappa shape index (κ2) is 29.8. The summed E-state index contributed by atoms with van der Waals surface area (Å²) >= 11 is 0. The predicted molar refractivity (Wildman–Crippen MR) is 99.8 cm³/mol. The van der Waals surface area contributed by atoms with Gasteiger partial charge in [0, 0.05) is 0 Å². The first-order valence-corrected chi connectivity index (χ1v) is 17.8. The molecular weight excluding hydrogens is 810 g/mol. The van der Waals surface area contributed by atoms with Crippen LogP contribution in [0.4, 0.5) is 0 Å². The van der Waals surface area contributed by atoms with E-state index < -0.39 is 72.8 Å². The largest absolute Gasteiger partial charge is 2.00 e. The minimum absolute atomic E-state index is 0. The average molecular weight is 812 g/mol. The third kappa shape index (κ3) is 43.7. The molecule has 0 amide bonds. The molecule has 0 rings (SSSR count). The molecule has 0 atom stereocenters. The predicted octanol–water partition coefficient (Wildman–Crippen LogP) is -21.2. The molecule has 0 aliphatic carbocycles. The van der Waals surface area contributed by atoms with Crippen LogP contribution in [0.25, 0.3) is 0 Å². The summed E-state index contributed by atoms with van der Waals surface area (Å²) in [5.41, 5.74) is 0. The van der Waals surface area contributed by atoms with Gasteiger partial charge in [0.15, 0.2) is 18.1 Å². The van der Waals surface area contributed by atoms with Gasteiger partial charge in [-0.05, 0) is 0 Å². The van der Waals surface area contributed by atoms with Crippen molar-refractivity contribution in [3.05, 3.63) is 0 Å². The average Bonchev–Trinajstić information content (AvgIpc) is 2.26. The molecule has 0 bridgehead atoms. The van der Waals surface area contributed by atoms with Gasteiger partial charge in [0.1, 0.15) is 0 Å². The molecule has 0 spiro atoms. The first-order chi connectivity index (χ1) is 13.0. The van der Waals surface area contributed by atoms with Crippen LogP contribution in [0.1, 0.15) is 0 Å². The maximum atomic E-state index is 11.2. The molecule has 192 valence electrons. The quantitative estimate of drug-likeness (QED) is 0.147. The summed E-state index contributed by atoms with van der Waals surface area (Å²) < 4.78 is 55.2. The molecule has 24 nitrogen and oxygen atoms in total. The Balaban J connectivity index is -0.000000117. The Morgan fingerprint density at radius 3 is 0.769 bits per heavy atom. The van der Waals surface area contributed by atoms with E-state index in [1.807, 2.05) is 0 Å². The van der Waals surface area contributed by atoms with Crippen molar-refractivity contribution in [2.45, 2.75) is 0 Å². The Hall–Kier alpha value is 5.69. The van der Waals surface area contributed by atoms with Gasteiger partial charge in [0.2, 0.25) is 0 Å². The van der Waals surface area contributed by atoms with Gasteiger partial charge in [0.05, 0.1) is 0 Å². The molecule has 39 heavy (non-hydrogen) atoms. The summed E-state index contributed by atoms with van der Waals surface area (Å²) in [6.07, 6.45) is 0. The van der Waals surface area contributed by atoms with Crippen LogP contribution in [0.2, 0.25) is 0 Å². The van der Waals surface area contributed by atoms with Gasteiger partial charge in [-0.2, -0.15) is 0 Å². The van der Waals surface area contributed by atoms with E-state index in [1.54, 1.807) is 0 Å². The van der Waals surface area contributed by atoms with E-state index in [-0.39, 0.29) is 202 Å². The van der Waals surface area contributed by atoms with E-state index >= 15 is 0 Å². The summed E-state index contributed by atoms with van der Waals surface area (Å²) in [5.74, 6) is 0. The fourth-order valence-electron chi connectivity index (χ4n) is 0.890. The van der Waals surface area contributed by atoms with E-state index in [0.717, 1.165) is 0 Å². The van der Waals surface area contributed by atoms with Crippen molar-refractivity contribution in [1.82, 2.24) is 0 Å². The monoisotopic (exact) mass is 810 g/mol. The van der Waals surface area contributed by atoms with Crippen LogP contribution in [-0.2, 0) is 42.2 Å². The van der Waals surface area contributed by atoms with Crippen molar-refractivity contribution in [2.24, 2.45) is 0 Å². The molecule has 0 heterocycles. The Labute approximate surface area is 367 Å². The molecule has 0 aromatic rings. The van der Waals surface area contributed by atoms with Gasteiger partial charge < -0.3 is 97.3 Å². The smallest absolute Gasteiger partial charge is 0.870 e. The molecule has 0 aromatic heterocycles. The van der Waals surface area contributed by atoms with Gasteiger partial charge in [-0.15, -0.1) is 0 Å². The summed E-state index contributed by atoms with van der Waals surface area (Å²) in [4.78, 5) is 127. The van der Waals surface area contributed by atoms with Gasteiger partial charge in [-0.3, -0.25) is 13.4 Å². The van der Waals surface area contributed by atoms with E-state index in [4.69, 9.17) is 0 Å². The number of hydrogen-bond acceptors (Lipinski definition) is 24.